The topological polar surface area (TPSA) is 25.2 Å². The summed E-state index contributed by atoms with van der Waals surface area (Å²) in [5.41, 5.74) is 2.56. The van der Waals surface area contributed by atoms with Gasteiger partial charge in [0.1, 0.15) is 17.2 Å². The first-order chi connectivity index (χ1) is 8.15. The molecule has 3 heteroatoms. The molecule has 0 aliphatic rings. The van der Waals surface area contributed by atoms with Gasteiger partial charge in [0.15, 0.2) is 0 Å². The number of furan rings is 1. The molecule has 17 heavy (non-hydrogen) atoms. The fourth-order valence-electron chi connectivity index (χ4n) is 2.03. The zero-order valence-electron chi connectivity index (χ0n) is 10.6. The lowest BCUT2D eigenvalue weighted by Crippen LogP contribution is -2.13. The van der Waals surface area contributed by atoms with Crippen LogP contribution in [0.15, 0.2) is 16.5 Å². The number of hydrogen-bond donors (Lipinski definition) is 1. The van der Waals surface area contributed by atoms with Gasteiger partial charge in [0, 0.05) is 5.56 Å². The van der Waals surface area contributed by atoms with E-state index in [4.69, 9.17) is 4.42 Å². The molecule has 0 unspecified atom stereocenters. The van der Waals surface area contributed by atoms with Crippen molar-refractivity contribution >= 4 is 11.0 Å². The van der Waals surface area contributed by atoms with E-state index in [1.165, 1.54) is 6.07 Å². The highest BCUT2D eigenvalue weighted by Gasteiger charge is 2.15. The fourth-order valence-corrected chi connectivity index (χ4v) is 2.03. The first kappa shape index (κ1) is 12.1. The number of aryl methyl sites for hydroxylation is 2. The monoisotopic (exact) mass is 235 g/mol. The van der Waals surface area contributed by atoms with Crippen LogP contribution >= 0.6 is 0 Å². The lowest BCUT2D eigenvalue weighted by molar-refractivity contribution is 0.508. The minimum absolute atomic E-state index is 0.200. The highest BCUT2D eigenvalue weighted by molar-refractivity contribution is 5.85. The lowest BCUT2D eigenvalue weighted by atomic mass is 10.1. The molecule has 1 aromatic carbocycles. The molecule has 0 saturated heterocycles. The van der Waals surface area contributed by atoms with Crippen LogP contribution in [0.2, 0.25) is 0 Å². The van der Waals surface area contributed by atoms with E-state index in [1.54, 1.807) is 6.07 Å². The van der Waals surface area contributed by atoms with Gasteiger partial charge in [-0.15, -0.1) is 0 Å². The number of rotatable bonds is 4. The Morgan fingerprint density at radius 1 is 1.29 bits per heavy atom. The molecule has 2 rings (SSSR count). The summed E-state index contributed by atoms with van der Waals surface area (Å²) >= 11 is 0. The Balaban J connectivity index is 2.42. The number of benzene rings is 1. The Hall–Kier alpha value is -1.35. The van der Waals surface area contributed by atoms with E-state index >= 15 is 0 Å². The van der Waals surface area contributed by atoms with Crippen molar-refractivity contribution in [3.05, 3.63) is 34.8 Å². The van der Waals surface area contributed by atoms with E-state index in [9.17, 15) is 4.39 Å². The van der Waals surface area contributed by atoms with Gasteiger partial charge in [0.2, 0.25) is 0 Å². The van der Waals surface area contributed by atoms with Crippen LogP contribution in [0.1, 0.15) is 30.2 Å². The van der Waals surface area contributed by atoms with Gasteiger partial charge in [-0.25, -0.2) is 4.39 Å². The minimum Gasteiger partial charge on any atom is -0.459 e. The third-order valence-electron chi connectivity index (χ3n) is 3.03. The van der Waals surface area contributed by atoms with Crippen LogP contribution in [0.4, 0.5) is 4.39 Å². The van der Waals surface area contributed by atoms with E-state index < -0.39 is 0 Å². The molecular formula is C14H18FNO. The second kappa shape index (κ2) is 4.88. The third kappa shape index (κ3) is 2.20. The largest absolute Gasteiger partial charge is 0.459 e. The average molecular weight is 235 g/mol. The maximum absolute atomic E-state index is 13.7. The summed E-state index contributed by atoms with van der Waals surface area (Å²) in [5, 5.41) is 3.90. The number of halogens is 1. The number of fused-ring (bicyclic) bond motifs is 1. The molecule has 0 bridgehead atoms. The summed E-state index contributed by atoms with van der Waals surface area (Å²) < 4.78 is 19.5. The molecule has 92 valence electrons. The highest BCUT2D eigenvalue weighted by atomic mass is 19.1. The van der Waals surface area contributed by atoms with Crippen molar-refractivity contribution in [3.8, 4) is 0 Å². The zero-order chi connectivity index (χ0) is 12.4. The molecule has 0 spiro atoms. The fraction of sp³-hybridized carbons (Fsp3) is 0.429. The van der Waals surface area contributed by atoms with E-state index in [0.717, 1.165) is 29.9 Å². The summed E-state index contributed by atoms with van der Waals surface area (Å²) in [6.45, 7) is 7.57. The maximum atomic E-state index is 13.7. The highest BCUT2D eigenvalue weighted by Crippen LogP contribution is 2.29. The predicted molar refractivity (Wildman–Crippen MR) is 67.6 cm³/mol. The molecule has 0 aliphatic carbocycles. The van der Waals surface area contributed by atoms with Crippen LogP contribution < -0.4 is 5.32 Å². The Morgan fingerprint density at radius 2 is 2.06 bits per heavy atom. The molecule has 1 aromatic heterocycles. The van der Waals surface area contributed by atoms with Crippen molar-refractivity contribution in [2.24, 2.45) is 0 Å². The molecule has 0 radical (unpaired) electrons. The van der Waals surface area contributed by atoms with Gasteiger partial charge in [-0.2, -0.15) is 0 Å². The maximum Gasteiger partial charge on any atom is 0.140 e. The second-order valence-electron chi connectivity index (χ2n) is 4.40. The molecule has 1 heterocycles. The molecule has 0 aliphatic heterocycles. The normalized spacial score (nSPS) is 11.3. The van der Waals surface area contributed by atoms with Gasteiger partial charge in [-0.3, -0.25) is 0 Å². The smallest absolute Gasteiger partial charge is 0.140 e. The van der Waals surface area contributed by atoms with Gasteiger partial charge in [0.25, 0.3) is 0 Å². The van der Waals surface area contributed by atoms with Gasteiger partial charge >= 0.3 is 0 Å². The molecule has 2 aromatic rings. The molecule has 1 N–H and O–H groups in total. The quantitative estimate of drug-likeness (QED) is 0.818. The van der Waals surface area contributed by atoms with E-state index in [2.05, 4.69) is 12.2 Å². The SMILES string of the molecule is CCCNCc1oc2c(C)ccc(F)c2c1C. The van der Waals surface area contributed by atoms with Gasteiger partial charge in [0.05, 0.1) is 11.9 Å². The Bertz CT molecular complexity index is 530. The molecule has 2 nitrogen and oxygen atoms in total. The molecule has 0 saturated carbocycles. The molecular weight excluding hydrogens is 217 g/mol. The van der Waals surface area contributed by atoms with Crippen molar-refractivity contribution in [1.82, 2.24) is 5.32 Å². The third-order valence-corrected chi connectivity index (χ3v) is 3.03. The zero-order valence-corrected chi connectivity index (χ0v) is 10.6. The Kier molecular flexibility index (Phi) is 3.48. The van der Waals surface area contributed by atoms with Crippen molar-refractivity contribution in [2.45, 2.75) is 33.7 Å². The summed E-state index contributed by atoms with van der Waals surface area (Å²) in [7, 11) is 0. The van der Waals surface area contributed by atoms with Crippen LogP contribution in [-0.4, -0.2) is 6.54 Å². The summed E-state index contributed by atoms with van der Waals surface area (Å²) in [4.78, 5) is 0. The van der Waals surface area contributed by atoms with Crippen LogP contribution in [0.5, 0.6) is 0 Å². The Labute approximate surface area is 101 Å². The second-order valence-corrected chi connectivity index (χ2v) is 4.40. The van der Waals surface area contributed by atoms with Crippen molar-refractivity contribution < 1.29 is 8.81 Å². The van der Waals surface area contributed by atoms with E-state index in [-0.39, 0.29) is 5.82 Å². The number of nitrogens with one attached hydrogen (secondary N) is 1. The standard InChI is InChI=1S/C14H18FNO/c1-4-7-16-8-12-10(3)13-11(15)6-5-9(2)14(13)17-12/h5-6,16H,4,7-8H2,1-3H3. The average Bonchev–Trinajstić information content (AvgIpc) is 2.64. The van der Waals surface area contributed by atoms with Gasteiger partial charge in [-0.1, -0.05) is 13.0 Å². The van der Waals surface area contributed by atoms with Crippen LogP contribution in [0.25, 0.3) is 11.0 Å². The predicted octanol–water partition coefficient (Wildman–Crippen LogP) is 3.69. The minimum atomic E-state index is -0.200. The van der Waals surface area contributed by atoms with Gasteiger partial charge in [-0.05, 0) is 38.4 Å². The molecule has 0 fully saturated rings. The van der Waals surface area contributed by atoms with Crippen LogP contribution in [0, 0.1) is 19.7 Å². The van der Waals surface area contributed by atoms with Crippen molar-refractivity contribution in [1.29, 1.82) is 0 Å². The lowest BCUT2D eigenvalue weighted by Gasteiger charge is -2.00. The van der Waals surface area contributed by atoms with Crippen LogP contribution in [0.3, 0.4) is 0 Å². The summed E-state index contributed by atoms with van der Waals surface area (Å²) in [6.07, 6.45) is 1.08. The number of hydrogen-bond acceptors (Lipinski definition) is 2. The molecule has 0 atom stereocenters. The van der Waals surface area contributed by atoms with Crippen LogP contribution in [-0.2, 0) is 6.54 Å². The van der Waals surface area contributed by atoms with Gasteiger partial charge < -0.3 is 9.73 Å². The summed E-state index contributed by atoms with van der Waals surface area (Å²) in [6, 6.07) is 3.26. The van der Waals surface area contributed by atoms with Crippen molar-refractivity contribution in [2.75, 3.05) is 6.54 Å². The first-order valence-electron chi connectivity index (χ1n) is 6.03. The summed E-state index contributed by atoms with van der Waals surface area (Å²) in [5.74, 6) is 0.634. The molecule has 0 amide bonds. The Morgan fingerprint density at radius 3 is 2.71 bits per heavy atom. The van der Waals surface area contributed by atoms with E-state index in [1.807, 2.05) is 13.8 Å². The van der Waals surface area contributed by atoms with Crippen molar-refractivity contribution in [3.63, 3.8) is 0 Å². The first-order valence-corrected chi connectivity index (χ1v) is 6.03. The van der Waals surface area contributed by atoms with E-state index in [0.29, 0.717) is 17.5 Å².